The number of nitrogens with two attached hydrogens (primary N) is 1. The van der Waals surface area contributed by atoms with Gasteiger partial charge in [0.05, 0.1) is 0 Å². The summed E-state index contributed by atoms with van der Waals surface area (Å²) < 4.78 is 6.64. The molecule has 2 rings (SSSR count). The first-order chi connectivity index (χ1) is 6.75. The van der Waals surface area contributed by atoms with Crippen LogP contribution in [0.1, 0.15) is 19.3 Å². The summed E-state index contributed by atoms with van der Waals surface area (Å²) in [4.78, 5) is 4.15. The summed E-state index contributed by atoms with van der Waals surface area (Å²) in [6.07, 6.45) is 5.13. The molecule has 1 saturated carbocycles. The molecule has 3 nitrogen and oxygen atoms in total. The molecule has 1 aliphatic rings. The van der Waals surface area contributed by atoms with E-state index in [9.17, 15) is 0 Å². The molecule has 1 fully saturated rings. The Morgan fingerprint density at radius 2 is 2.29 bits per heavy atom. The Balaban J connectivity index is 2.00. The normalized spacial score (nSPS) is 26.4. The molecule has 14 heavy (non-hydrogen) atoms. The predicted molar refractivity (Wildman–Crippen MR) is 58.2 cm³/mol. The molecule has 2 unspecified atom stereocenters. The van der Waals surface area contributed by atoms with E-state index in [2.05, 4.69) is 20.9 Å². The van der Waals surface area contributed by atoms with Crippen LogP contribution in [0.25, 0.3) is 0 Å². The molecule has 1 heterocycles. The van der Waals surface area contributed by atoms with Gasteiger partial charge in [0.1, 0.15) is 6.10 Å². The van der Waals surface area contributed by atoms with Crippen LogP contribution >= 0.6 is 15.9 Å². The minimum Gasteiger partial charge on any atom is -0.473 e. The minimum absolute atomic E-state index is 0.142. The van der Waals surface area contributed by atoms with Crippen molar-refractivity contribution in [3.63, 3.8) is 0 Å². The summed E-state index contributed by atoms with van der Waals surface area (Å²) in [5, 5.41) is 0. The van der Waals surface area contributed by atoms with Gasteiger partial charge in [-0.1, -0.05) is 0 Å². The van der Waals surface area contributed by atoms with Crippen molar-refractivity contribution in [1.29, 1.82) is 0 Å². The topological polar surface area (TPSA) is 48.1 Å². The number of hydrogen-bond donors (Lipinski definition) is 1. The quantitative estimate of drug-likeness (QED) is 0.882. The van der Waals surface area contributed by atoms with Crippen LogP contribution in [0.15, 0.2) is 22.8 Å². The third-order valence-electron chi connectivity index (χ3n) is 2.48. The molecule has 76 valence electrons. The lowest BCUT2D eigenvalue weighted by molar-refractivity contribution is 0.184. The second-order valence-corrected chi connectivity index (χ2v) is 4.48. The van der Waals surface area contributed by atoms with Crippen LogP contribution in [-0.4, -0.2) is 17.1 Å². The van der Waals surface area contributed by atoms with E-state index in [1.54, 1.807) is 6.20 Å². The van der Waals surface area contributed by atoms with E-state index < -0.39 is 0 Å². The molecule has 0 spiro atoms. The molecule has 1 aromatic rings. The monoisotopic (exact) mass is 256 g/mol. The van der Waals surface area contributed by atoms with Gasteiger partial charge in [-0.2, -0.15) is 0 Å². The van der Waals surface area contributed by atoms with Crippen molar-refractivity contribution in [3.8, 4) is 5.88 Å². The Bertz CT molecular complexity index is 301. The number of ether oxygens (including phenoxy) is 1. The molecule has 2 N–H and O–H groups in total. The summed E-state index contributed by atoms with van der Waals surface area (Å²) in [5.74, 6) is 0.663. The van der Waals surface area contributed by atoms with Gasteiger partial charge in [0, 0.05) is 22.8 Å². The highest BCUT2D eigenvalue weighted by atomic mass is 79.9. The maximum atomic E-state index is 5.89. The van der Waals surface area contributed by atoms with Crippen molar-refractivity contribution in [2.75, 3.05) is 0 Å². The second-order valence-electron chi connectivity index (χ2n) is 3.57. The van der Waals surface area contributed by atoms with Gasteiger partial charge in [-0.05, 0) is 41.3 Å². The largest absolute Gasteiger partial charge is 0.473 e. The number of halogens is 1. The third-order valence-corrected chi connectivity index (χ3v) is 2.95. The molecule has 0 bridgehead atoms. The van der Waals surface area contributed by atoms with Gasteiger partial charge in [-0.3, -0.25) is 0 Å². The average Bonchev–Trinajstić information content (AvgIpc) is 2.56. The number of pyridine rings is 1. The Morgan fingerprint density at radius 3 is 2.86 bits per heavy atom. The first-order valence-electron chi connectivity index (χ1n) is 4.79. The SMILES string of the molecule is NC1CCCC1Oc1ccc(Br)cn1. The smallest absolute Gasteiger partial charge is 0.213 e. The van der Waals surface area contributed by atoms with Gasteiger partial charge in [-0.25, -0.2) is 4.98 Å². The zero-order valence-electron chi connectivity index (χ0n) is 7.82. The molecule has 0 amide bonds. The van der Waals surface area contributed by atoms with Crippen molar-refractivity contribution in [2.24, 2.45) is 5.73 Å². The standard InChI is InChI=1S/C10H13BrN2O/c11-7-4-5-10(13-6-7)14-9-3-1-2-8(9)12/h4-6,8-9H,1-3,12H2. The Labute approximate surface area is 91.8 Å². The van der Waals surface area contributed by atoms with Crippen LogP contribution in [-0.2, 0) is 0 Å². The lowest BCUT2D eigenvalue weighted by atomic mass is 10.2. The van der Waals surface area contributed by atoms with Crippen LogP contribution in [0, 0.1) is 0 Å². The highest BCUT2D eigenvalue weighted by Crippen LogP contribution is 2.22. The highest BCUT2D eigenvalue weighted by Gasteiger charge is 2.25. The average molecular weight is 257 g/mol. The minimum atomic E-state index is 0.142. The van der Waals surface area contributed by atoms with Crippen LogP contribution in [0.4, 0.5) is 0 Å². The lowest BCUT2D eigenvalue weighted by Gasteiger charge is -2.16. The molecule has 1 aromatic heterocycles. The Morgan fingerprint density at radius 1 is 1.43 bits per heavy atom. The van der Waals surface area contributed by atoms with Crippen molar-refractivity contribution >= 4 is 15.9 Å². The molecular weight excluding hydrogens is 244 g/mol. The molecule has 1 aliphatic carbocycles. The maximum Gasteiger partial charge on any atom is 0.213 e. The van der Waals surface area contributed by atoms with Gasteiger partial charge in [0.15, 0.2) is 0 Å². The van der Waals surface area contributed by atoms with Gasteiger partial charge >= 0.3 is 0 Å². The van der Waals surface area contributed by atoms with E-state index in [1.807, 2.05) is 12.1 Å². The predicted octanol–water partition coefficient (Wildman–Crippen LogP) is 2.10. The zero-order valence-corrected chi connectivity index (χ0v) is 9.40. The van der Waals surface area contributed by atoms with Crippen LogP contribution in [0.3, 0.4) is 0 Å². The summed E-state index contributed by atoms with van der Waals surface area (Å²) >= 11 is 3.33. The van der Waals surface area contributed by atoms with Crippen molar-refractivity contribution in [2.45, 2.75) is 31.4 Å². The van der Waals surface area contributed by atoms with Gasteiger partial charge < -0.3 is 10.5 Å². The number of nitrogens with zero attached hydrogens (tertiary/aromatic N) is 1. The first kappa shape index (κ1) is 9.93. The van der Waals surface area contributed by atoms with E-state index in [-0.39, 0.29) is 12.1 Å². The van der Waals surface area contributed by atoms with Crippen LogP contribution in [0.2, 0.25) is 0 Å². The van der Waals surface area contributed by atoms with Gasteiger partial charge in [0.2, 0.25) is 5.88 Å². The molecule has 2 atom stereocenters. The summed E-state index contributed by atoms with van der Waals surface area (Å²) in [6, 6.07) is 3.94. The van der Waals surface area contributed by atoms with E-state index in [0.717, 1.165) is 23.7 Å². The van der Waals surface area contributed by atoms with Crippen LogP contribution in [0.5, 0.6) is 5.88 Å². The van der Waals surface area contributed by atoms with E-state index in [4.69, 9.17) is 10.5 Å². The van der Waals surface area contributed by atoms with E-state index in [1.165, 1.54) is 0 Å². The Kier molecular flexibility index (Phi) is 3.03. The summed E-state index contributed by atoms with van der Waals surface area (Å²) in [5.41, 5.74) is 5.89. The second kappa shape index (κ2) is 4.28. The van der Waals surface area contributed by atoms with Crippen molar-refractivity contribution in [3.05, 3.63) is 22.8 Å². The highest BCUT2D eigenvalue weighted by molar-refractivity contribution is 9.10. The molecule has 0 radical (unpaired) electrons. The van der Waals surface area contributed by atoms with Gasteiger partial charge in [0.25, 0.3) is 0 Å². The van der Waals surface area contributed by atoms with Crippen molar-refractivity contribution < 1.29 is 4.74 Å². The number of hydrogen-bond acceptors (Lipinski definition) is 3. The summed E-state index contributed by atoms with van der Waals surface area (Å²) in [6.45, 7) is 0. The van der Waals surface area contributed by atoms with E-state index >= 15 is 0 Å². The fourth-order valence-electron chi connectivity index (χ4n) is 1.69. The van der Waals surface area contributed by atoms with Crippen LogP contribution < -0.4 is 10.5 Å². The zero-order chi connectivity index (χ0) is 9.97. The van der Waals surface area contributed by atoms with Gasteiger partial charge in [-0.15, -0.1) is 0 Å². The fourth-order valence-corrected chi connectivity index (χ4v) is 1.92. The maximum absolute atomic E-state index is 5.89. The molecule has 0 aliphatic heterocycles. The van der Waals surface area contributed by atoms with E-state index in [0.29, 0.717) is 5.88 Å². The molecular formula is C10H13BrN2O. The third kappa shape index (κ3) is 2.25. The fraction of sp³-hybridized carbons (Fsp3) is 0.500. The molecule has 0 saturated heterocycles. The number of rotatable bonds is 2. The molecule has 0 aromatic carbocycles. The number of aromatic nitrogens is 1. The molecule has 4 heteroatoms. The lowest BCUT2D eigenvalue weighted by Crippen LogP contribution is -2.33. The van der Waals surface area contributed by atoms with Crippen molar-refractivity contribution in [1.82, 2.24) is 4.98 Å². The summed E-state index contributed by atoms with van der Waals surface area (Å²) in [7, 11) is 0. The first-order valence-corrected chi connectivity index (χ1v) is 5.59. The Hall–Kier alpha value is -0.610.